The lowest BCUT2D eigenvalue weighted by atomic mass is 9.87. The predicted octanol–water partition coefficient (Wildman–Crippen LogP) is 2.09. The van der Waals surface area contributed by atoms with Gasteiger partial charge in [0.25, 0.3) is 0 Å². The van der Waals surface area contributed by atoms with Gasteiger partial charge in [-0.25, -0.2) is 0 Å². The molecule has 20 heavy (non-hydrogen) atoms. The van der Waals surface area contributed by atoms with E-state index in [9.17, 15) is 4.79 Å². The molecule has 2 rings (SSSR count). The smallest absolute Gasteiger partial charge is 0.220 e. The molecule has 0 atom stereocenters. The molecule has 0 spiro atoms. The third kappa shape index (κ3) is 5.41. The molecule has 1 saturated carbocycles. The van der Waals surface area contributed by atoms with Crippen molar-refractivity contribution in [1.82, 2.24) is 10.6 Å². The van der Waals surface area contributed by atoms with E-state index < -0.39 is 0 Å². The average molecular weight is 282 g/mol. The van der Waals surface area contributed by atoms with E-state index in [0.717, 1.165) is 44.8 Å². The maximum atomic E-state index is 11.9. The first kappa shape index (κ1) is 15.8. The first-order valence-corrected chi connectivity index (χ1v) is 8.28. The number of ether oxygens (including phenoxy) is 1. The molecule has 0 unspecified atom stereocenters. The fraction of sp³-hybridized carbons (Fsp3) is 0.938. The van der Waals surface area contributed by atoms with Crippen molar-refractivity contribution >= 4 is 5.91 Å². The maximum Gasteiger partial charge on any atom is 0.220 e. The second-order valence-corrected chi connectivity index (χ2v) is 6.41. The summed E-state index contributed by atoms with van der Waals surface area (Å²) in [5.74, 6) is 1.65. The molecule has 1 aliphatic carbocycles. The van der Waals surface area contributed by atoms with Crippen LogP contribution in [-0.2, 0) is 9.53 Å². The van der Waals surface area contributed by atoms with Crippen molar-refractivity contribution in [2.75, 3.05) is 26.7 Å². The molecule has 0 radical (unpaired) electrons. The highest BCUT2D eigenvalue weighted by Crippen LogP contribution is 2.25. The molecule has 1 heterocycles. The van der Waals surface area contributed by atoms with E-state index in [4.69, 9.17) is 4.74 Å². The van der Waals surface area contributed by atoms with Crippen LogP contribution in [-0.4, -0.2) is 38.8 Å². The predicted molar refractivity (Wildman–Crippen MR) is 80.6 cm³/mol. The Labute approximate surface area is 123 Å². The van der Waals surface area contributed by atoms with Gasteiger partial charge in [0.1, 0.15) is 0 Å². The van der Waals surface area contributed by atoms with Gasteiger partial charge in [0, 0.05) is 20.1 Å². The number of hydrogen-bond acceptors (Lipinski definition) is 3. The van der Waals surface area contributed by atoms with E-state index in [1.165, 1.54) is 25.7 Å². The van der Waals surface area contributed by atoms with Gasteiger partial charge in [-0.05, 0) is 69.9 Å². The zero-order valence-corrected chi connectivity index (χ0v) is 12.8. The zero-order chi connectivity index (χ0) is 14.2. The second-order valence-electron chi connectivity index (χ2n) is 6.41. The van der Waals surface area contributed by atoms with Crippen molar-refractivity contribution in [2.24, 2.45) is 11.8 Å². The summed E-state index contributed by atoms with van der Waals surface area (Å²) in [5.41, 5.74) is 0. The highest BCUT2D eigenvalue weighted by Gasteiger charge is 2.21. The fourth-order valence-corrected chi connectivity index (χ4v) is 3.42. The third-order valence-electron chi connectivity index (χ3n) is 4.95. The molecular weight excluding hydrogens is 252 g/mol. The van der Waals surface area contributed by atoms with Crippen LogP contribution < -0.4 is 10.6 Å². The number of carbonyl (C=O) groups is 1. The zero-order valence-electron chi connectivity index (χ0n) is 12.8. The van der Waals surface area contributed by atoms with Crippen LogP contribution in [0.3, 0.4) is 0 Å². The topological polar surface area (TPSA) is 50.4 Å². The normalized spacial score (nSPS) is 28.2. The number of rotatable bonds is 6. The van der Waals surface area contributed by atoms with E-state index >= 15 is 0 Å². The summed E-state index contributed by atoms with van der Waals surface area (Å²) in [6, 6.07) is 0. The largest absolute Gasteiger partial charge is 0.381 e. The van der Waals surface area contributed by atoms with Crippen LogP contribution in [0.2, 0.25) is 0 Å². The van der Waals surface area contributed by atoms with E-state index in [0.29, 0.717) is 18.4 Å². The monoisotopic (exact) mass is 282 g/mol. The molecule has 0 aromatic rings. The third-order valence-corrected chi connectivity index (χ3v) is 4.95. The Balaban J connectivity index is 1.53. The number of hydrogen-bond donors (Lipinski definition) is 2. The molecular formula is C16H30N2O2. The van der Waals surface area contributed by atoms with Crippen molar-refractivity contribution in [3.63, 3.8) is 0 Å². The first-order valence-electron chi connectivity index (χ1n) is 8.28. The van der Waals surface area contributed by atoms with Crippen LogP contribution in [0.25, 0.3) is 0 Å². The lowest BCUT2D eigenvalue weighted by molar-refractivity contribution is -0.121. The van der Waals surface area contributed by atoms with Gasteiger partial charge >= 0.3 is 0 Å². The van der Waals surface area contributed by atoms with Crippen molar-refractivity contribution in [1.29, 1.82) is 0 Å². The molecule has 0 aromatic heterocycles. The highest BCUT2D eigenvalue weighted by molar-refractivity contribution is 5.75. The molecule has 4 nitrogen and oxygen atoms in total. The maximum absolute atomic E-state index is 11.9. The van der Waals surface area contributed by atoms with Crippen LogP contribution >= 0.6 is 0 Å². The first-order chi connectivity index (χ1) is 9.78. The minimum Gasteiger partial charge on any atom is -0.381 e. The molecule has 1 amide bonds. The van der Waals surface area contributed by atoms with Crippen molar-refractivity contribution < 1.29 is 9.53 Å². The number of methoxy groups -OCH3 is 1. The van der Waals surface area contributed by atoms with Gasteiger partial charge in [0.05, 0.1) is 6.10 Å². The summed E-state index contributed by atoms with van der Waals surface area (Å²) < 4.78 is 5.38. The molecule has 1 aliphatic heterocycles. The standard InChI is InChI=1S/C16H30N2O2/c1-20-15-5-2-14(3-6-15)12-18-16(19)7-4-13-8-10-17-11-9-13/h13-15,17H,2-12H2,1H3,(H,18,19). The molecule has 116 valence electrons. The second kappa shape index (κ2) is 8.63. The lowest BCUT2D eigenvalue weighted by Gasteiger charge is -2.27. The SMILES string of the molecule is COC1CCC(CNC(=O)CCC2CCNCC2)CC1. The van der Waals surface area contributed by atoms with Crippen LogP contribution in [0.4, 0.5) is 0 Å². The van der Waals surface area contributed by atoms with Crippen LogP contribution in [0.5, 0.6) is 0 Å². The van der Waals surface area contributed by atoms with E-state index in [-0.39, 0.29) is 5.91 Å². The summed E-state index contributed by atoms with van der Waals surface area (Å²) >= 11 is 0. The Morgan fingerprint density at radius 1 is 1.10 bits per heavy atom. The molecule has 0 bridgehead atoms. The Kier molecular flexibility index (Phi) is 6.80. The van der Waals surface area contributed by atoms with Gasteiger partial charge in [-0.3, -0.25) is 4.79 Å². The van der Waals surface area contributed by atoms with Gasteiger partial charge in [-0.2, -0.15) is 0 Å². The van der Waals surface area contributed by atoms with E-state index in [1.54, 1.807) is 7.11 Å². The minimum atomic E-state index is 0.248. The van der Waals surface area contributed by atoms with Crippen molar-refractivity contribution in [3.05, 3.63) is 0 Å². The van der Waals surface area contributed by atoms with E-state index in [2.05, 4.69) is 10.6 Å². The molecule has 4 heteroatoms. The summed E-state index contributed by atoms with van der Waals surface area (Å²) in [4.78, 5) is 11.9. The molecule has 2 fully saturated rings. The van der Waals surface area contributed by atoms with Gasteiger partial charge in [0.15, 0.2) is 0 Å². The quantitative estimate of drug-likeness (QED) is 0.784. The molecule has 2 N–H and O–H groups in total. The summed E-state index contributed by atoms with van der Waals surface area (Å²) in [7, 11) is 1.80. The molecule has 0 aromatic carbocycles. The lowest BCUT2D eigenvalue weighted by Crippen LogP contribution is -2.33. The molecule has 1 saturated heterocycles. The van der Waals surface area contributed by atoms with Gasteiger partial charge < -0.3 is 15.4 Å². The van der Waals surface area contributed by atoms with Crippen molar-refractivity contribution in [3.8, 4) is 0 Å². The molecule has 2 aliphatic rings. The Bertz CT molecular complexity index is 282. The summed E-state index contributed by atoms with van der Waals surface area (Å²) in [5, 5.41) is 6.50. The summed E-state index contributed by atoms with van der Waals surface area (Å²) in [6.07, 6.45) is 9.34. The van der Waals surface area contributed by atoms with Gasteiger partial charge in [-0.15, -0.1) is 0 Å². The van der Waals surface area contributed by atoms with E-state index in [1.807, 2.05) is 0 Å². The highest BCUT2D eigenvalue weighted by atomic mass is 16.5. The fourth-order valence-electron chi connectivity index (χ4n) is 3.42. The number of piperidine rings is 1. The van der Waals surface area contributed by atoms with Gasteiger partial charge in [-0.1, -0.05) is 0 Å². The van der Waals surface area contributed by atoms with Gasteiger partial charge in [0.2, 0.25) is 5.91 Å². The van der Waals surface area contributed by atoms with Crippen LogP contribution in [0, 0.1) is 11.8 Å². The van der Waals surface area contributed by atoms with Crippen LogP contribution in [0.1, 0.15) is 51.4 Å². The minimum absolute atomic E-state index is 0.248. The Morgan fingerprint density at radius 2 is 1.80 bits per heavy atom. The van der Waals surface area contributed by atoms with Crippen LogP contribution in [0.15, 0.2) is 0 Å². The Hall–Kier alpha value is -0.610. The summed E-state index contributed by atoms with van der Waals surface area (Å²) in [6.45, 7) is 3.10. The average Bonchev–Trinajstić information content (AvgIpc) is 2.52. The number of amides is 1. The Morgan fingerprint density at radius 3 is 2.45 bits per heavy atom. The van der Waals surface area contributed by atoms with Crippen molar-refractivity contribution in [2.45, 2.75) is 57.5 Å². The number of carbonyl (C=O) groups excluding carboxylic acids is 1. The number of nitrogens with one attached hydrogen (secondary N) is 2.